The third-order valence-electron chi connectivity index (χ3n) is 6.62. The second-order valence-corrected chi connectivity index (χ2v) is 9.73. The highest BCUT2D eigenvalue weighted by Crippen LogP contribution is 2.42. The quantitative estimate of drug-likeness (QED) is 0.667. The molecule has 1 saturated heterocycles. The highest BCUT2D eigenvalue weighted by Gasteiger charge is 2.46. The third-order valence-corrected chi connectivity index (χ3v) is 7.54. The Morgan fingerprint density at radius 3 is 2.67 bits per heavy atom. The summed E-state index contributed by atoms with van der Waals surface area (Å²) < 4.78 is 0. The van der Waals surface area contributed by atoms with Crippen LogP contribution in [0.4, 0.5) is 0 Å². The van der Waals surface area contributed by atoms with Gasteiger partial charge in [-0.3, -0.25) is 9.59 Å². The number of likely N-dealkylation sites (tertiary alicyclic amines) is 1. The minimum atomic E-state index is -0.483. The predicted molar refractivity (Wildman–Crippen MR) is 122 cm³/mol. The molecule has 2 atom stereocenters. The van der Waals surface area contributed by atoms with Gasteiger partial charge in [-0.25, -0.2) is 0 Å². The number of amides is 2. The lowest BCUT2D eigenvalue weighted by Crippen LogP contribution is -2.51. The molecule has 2 aliphatic rings. The minimum absolute atomic E-state index is 0.0795. The second-order valence-electron chi connectivity index (χ2n) is 8.78. The molecule has 4 nitrogen and oxygen atoms in total. The van der Waals surface area contributed by atoms with Gasteiger partial charge in [-0.05, 0) is 54.2 Å². The Morgan fingerprint density at radius 1 is 1.27 bits per heavy atom. The first-order chi connectivity index (χ1) is 14.5. The number of benzene rings is 1. The van der Waals surface area contributed by atoms with E-state index in [-0.39, 0.29) is 17.7 Å². The van der Waals surface area contributed by atoms with E-state index in [9.17, 15) is 9.59 Å². The molecule has 158 valence electrons. The fourth-order valence-electron chi connectivity index (χ4n) is 4.56. The molecule has 2 amide bonds. The molecule has 4 rings (SSSR count). The van der Waals surface area contributed by atoms with E-state index in [2.05, 4.69) is 60.6 Å². The van der Waals surface area contributed by atoms with Crippen LogP contribution in [-0.2, 0) is 16.0 Å². The number of piperidine rings is 1. The maximum Gasteiger partial charge on any atom is 0.226 e. The second kappa shape index (κ2) is 8.76. The van der Waals surface area contributed by atoms with E-state index in [1.807, 2.05) is 4.90 Å². The molecule has 1 aliphatic carbocycles. The number of nitrogens with one attached hydrogen (secondary N) is 1. The zero-order valence-electron chi connectivity index (χ0n) is 17.6. The summed E-state index contributed by atoms with van der Waals surface area (Å²) in [6.45, 7) is 7.66. The topological polar surface area (TPSA) is 49.4 Å². The first-order valence-electron chi connectivity index (χ1n) is 10.8. The van der Waals surface area contributed by atoms with Crippen molar-refractivity contribution in [3.05, 3.63) is 60.0 Å². The smallest absolute Gasteiger partial charge is 0.226 e. The first kappa shape index (κ1) is 20.9. The van der Waals surface area contributed by atoms with Crippen LogP contribution in [-0.4, -0.2) is 36.3 Å². The van der Waals surface area contributed by atoms with Gasteiger partial charge < -0.3 is 10.2 Å². The molecule has 30 heavy (non-hydrogen) atoms. The molecule has 1 aromatic heterocycles. The molecule has 2 fully saturated rings. The van der Waals surface area contributed by atoms with E-state index >= 15 is 0 Å². The Kier molecular flexibility index (Phi) is 6.09. The van der Waals surface area contributed by atoms with E-state index in [1.54, 1.807) is 17.4 Å². The molecular weight excluding hydrogens is 392 g/mol. The number of thiophene rings is 1. The van der Waals surface area contributed by atoms with Crippen molar-refractivity contribution in [3.63, 3.8) is 0 Å². The van der Waals surface area contributed by atoms with Gasteiger partial charge >= 0.3 is 0 Å². The Hall–Kier alpha value is -2.40. The lowest BCUT2D eigenvalue weighted by atomic mass is 9.72. The zero-order valence-corrected chi connectivity index (χ0v) is 18.4. The van der Waals surface area contributed by atoms with Crippen LogP contribution in [0, 0.1) is 17.3 Å². The fraction of sp³-hybridized carbons (Fsp3) is 0.440. The number of hydrogen-bond donors (Lipinski definition) is 1. The molecular formula is C25H30N2O2S. The third kappa shape index (κ3) is 4.36. The Morgan fingerprint density at radius 2 is 2.03 bits per heavy atom. The molecule has 2 heterocycles. The first-order valence-corrected chi connectivity index (χ1v) is 11.7. The summed E-state index contributed by atoms with van der Waals surface area (Å²) in [7, 11) is 0. The van der Waals surface area contributed by atoms with Crippen molar-refractivity contribution in [2.45, 2.75) is 32.6 Å². The normalized spacial score (nSPS) is 22.4. The molecule has 0 radical (unpaired) electrons. The van der Waals surface area contributed by atoms with Crippen LogP contribution in [0.2, 0.25) is 0 Å². The van der Waals surface area contributed by atoms with Crippen LogP contribution < -0.4 is 5.32 Å². The molecule has 1 aliphatic heterocycles. The van der Waals surface area contributed by atoms with Crippen molar-refractivity contribution >= 4 is 23.2 Å². The molecule has 1 saturated carbocycles. The molecule has 1 aromatic carbocycles. The van der Waals surface area contributed by atoms with E-state index in [4.69, 9.17) is 0 Å². The number of hydrogen-bond acceptors (Lipinski definition) is 3. The monoisotopic (exact) mass is 422 g/mol. The van der Waals surface area contributed by atoms with E-state index in [0.29, 0.717) is 44.8 Å². The van der Waals surface area contributed by atoms with Gasteiger partial charge in [0.1, 0.15) is 0 Å². The van der Waals surface area contributed by atoms with Gasteiger partial charge in [-0.1, -0.05) is 43.3 Å². The van der Waals surface area contributed by atoms with Gasteiger partial charge in [0, 0.05) is 30.4 Å². The molecule has 0 spiro atoms. The lowest BCUT2D eigenvalue weighted by molar-refractivity contribution is -0.141. The zero-order chi connectivity index (χ0) is 21.1. The van der Waals surface area contributed by atoms with Crippen LogP contribution in [0.3, 0.4) is 0 Å². The van der Waals surface area contributed by atoms with E-state index in [1.165, 1.54) is 16.0 Å². The Bertz CT molecular complexity index is 913. The average molecular weight is 423 g/mol. The van der Waals surface area contributed by atoms with Gasteiger partial charge in [0.15, 0.2) is 0 Å². The van der Waals surface area contributed by atoms with Crippen LogP contribution in [0.25, 0.3) is 10.4 Å². The summed E-state index contributed by atoms with van der Waals surface area (Å²) in [6.07, 6.45) is 4.82. The molecule has 0 unspecified atom stereocenters. The van der Waals surface area contributed by atoms with E-state index in [0.717, 1.165) is 6.42 Å². The minimum Gasteiger partial charge on any atom is -0.352 e. The van der Waals surface area contributed by atoms with Crippen molar-refractivity contribution in [2.24, 2.45) is 17.3 Å². The summed E-state index contributed by atoms with van der Waals surface area (Å²) in [5.74, 6) is 1.08. The van der Waals surface area contributed by atoms with Crippen molar-refractivity contribution in [3.8, 4) is 10.4 Å². The van der Waals surface area contributed by atoms with Crippen LogP contribution in [0.5, 0.6) is 0 Å². The fourth-order valence-corrected chi connectivity index (χ4v) is 5.28. The molecule has 0 bridgehead atoms. The van der Waals surface area contributed by atoms with Crippen molar-refractivity contribution in [2.75, 3.05) is 19.6 Å². The van der Waals surface area contributed by atoms with Crippen LogP contribution >= 0.6 is 11.3 Å². The van der Waals surface area contributed by atoms with Gasteiger partial charge in [0.25, 0.3) is 0 Å². The van der Waals surface area contributed by atoms with Gasteiger partial charge in [-0.2, -0.15) is 0 Å². The van der Waals surface area contributed by atoms with Crippen molar-refractivity contribution in [1.29, 1.82) is 0 Å². The van der Waals surface area contributed by atoms with Gasteiger partial charge in [0.2, 0.25) is 11.8 Å². The number of carbonyl (C=O) groups excluding carboxylic acids is 2. The summed E-state index contributed by atoms with van der Waals surface area (Å²) >= 11 is 1.72. The Balaban J connectivity index is 1.52. The van der Waals surface area contributed by atoms with Crippen LogP contribution in [0.1, 0.15) is 31.7 Å². The lowest BCUT2D eigenvalue weighted by Gasteiger charge is -2.41. The predicted octanol–water partition coefficient (Wildman–Crippen LogP) is 4.52. The van der Waals surface area contributed by atoms with E-state index < -0.39 is 5.41 Å². The molecule has 2 aromatic rings. The van der Waals surface area contributed by atoms with Crippen molar-refractivity contribution < 1.29 is 9.59 Å². The standard InChI is InChI=1S/C25H30N2O2S/c1-3-11-26-24(29)25(9-12-27(13-10-25)23(28)21-15-18(21)2)17-19-6-4-7-20(16-19)22-8-5-14-30-22/h3-8,14,16,18,21H,1,9-13,15,17H2,2H3,(H,26,29)/t18-,21+/m1/s1. The maximum absolute atomic E-state index is 13.2. The van der Waals surface area contributed by atoms with Gasteiger partial charge in [-0.15, -0.1) is 17.9 Å². The summed E-state index contributed by atoms with van der Waals surface area (Å²) in [4.78, 5) is 29.1. The summed E-state index contributed by atoms with van der Waals surface area (Å²) in [6, 6.07) is 12.7. The highest BCUT2D eigenvalue weighted by molar-refractivity contribution is 7.13. The summed E-state index contributed by atoms with van der Waals surface area (Å²) in [5, 5.41) is 5.12. The largest absolute Gasteiger partial charge is 0.352 e. The highest BCUT2D eigenvalue weighted by atomic mass is 32.1. The van der Waals surface area contributed by atoms with Crippen LogP contribution in [0.15, 0.2) is 54.4 Å². The Labute approximate surface area is 183 Å². The number of rotatable bonds is 7. The maximum atomic E-state index is 13.2. The molecule has 1 N–H and O–H groups in total. The summed E-state index contributed by atoms with van der Waals surface area (Å²) in [5.41, 5.74) is 1.88. The average Bonchev–Trinajstić information content (AvgIpc) is 3.25. The van der Waals surface area contributed by atoms with Gasteiger partial charge in [0.05, 0.1) is 5.41 Å². The number of carbonyl (C=O) groups is 2. The van der Waals surface area contributed by atoms with Crippen molar-refractivity contribution in [1.82, 2.24) is 10.2 Å². The molecule has 5 heteroatoms. The number of nitrogens with zero attached hydrogens (tertiary/aromatic N) is 1. The SMILES string of the molecule is C=CCNC(=O)C1(Cc2cccc(-c3cccs3)c2)CCN(C(=O)[C@H]2C[C@H]2C)CC1.